The van der Waals surface area contributed by atoms with E-state index in [-0.39, 0.29) is 14.1 Å². The minimum absolute atomic E-state index is 0.0977. The van der Waals surface area contributed by atoms with Crippen molar-refractivity contribution < 1.29 is 23.1 Å². The SMILES string of the molecule is CN(C)S(=O)(=O)c1cccc(-c2nn(-c3ccccc3)cc2/C=C2/SC(=S)N(CC(=O)[O-])C2=O)c1. The number of hydrogen-bond acceptors (Lipinski definition) is 8. The van der Waals surface area contributed by atoms with Crippen LogP contribution >= 0.6 is 24.0 Å². The molecule has 1 aliphatic rings. The van der Waals surface area contributed by atoms with Gasteiger partial charge in [0, 0.05) is 31.4 Å². The van der Waals surface area contributed by atoms with Gasteiger partial charge >= 0.3 is 0 Å². The van der Waals surface area contributed by atoms with Crippen molar-refractivity contribution in [1.29, 1.82) is 0 Å². The summed E-state index contributed by atoms with van der Waals surface area (Å²) >= 11 is 6.14. The number of amides is 1. The van der Waals surface area contributed by atoms with Crippen molar-refractivity contribution in [2.24, 2.45) is 0 Å². The minimum Gasteiger partial charge on any atom is -0.548 e. The molecule has 1 fully saturated rings. The molecule has 0 bridgehead atoms. The molecule has 9 nitrogen and oxygen atoms in total. The Bertz CT molecular complexity index is 1460. The third-order valence-electron chi connectivity index (χ3n) is 5.10. The number of thioether (sulfide) groups is 1. The van der Waals surface area contributed by atoms with E-state index >= 15 is 0 Å². The zero-order valence-corrected chi connectivity index (χ0v) is 21.1. The second kappa shape index (κ2) is 9.74. The molecule has 0 radical (unpaired) electrons. The van der Waals surface area contributed by atoms with Gasteiger partial charge in [-0.1, -0.05) is 54.3 Å². The number of thiocarbonyl (C=S) groups is 1. The Morgan fingerprint density at radius 3 is 2.54 bits per heavy atom. The van der Waals surface area contributed by atoms with Gasteiger partial charge in [-0.2, -0.15) is 5.10 Å². The van der Waals surface area contributed by atoms with E-state index in [1.807, 2.05) is 30.3 Å². The fourth-order valence-corrected chi connectivity index (χ4v) is 5.55. The topological polar surface area (TPSA) is 116 Å². The second-order valence-corrected chi connectivity index (χ2v) is 11.5. The van der Waals surface area contributed by atoms with E-state index in [1.165, 1.54) is 26.2 Å². The highest BCUT2D eigenvalue weighted by Gasteiger charge is 2.32. The number of para-hydroxylation sites is 1. The number of aromatic nitrogens is 2. The van der Waals surface area contributed by atoms with Gasteiger partial charge in [-0.3, -0.25) is 9.69 Å². The maximum Gasteiger partial charge on any atom is 0.266 e. The zero-order valence-electron chi connectivity index (χ0n) is 18.6. The van der Waals surface area contributed by atoms with Gasteiger partial charge < -0.3 is 9.90 Å². The van der Waals surface area contributed by atoms with Crippen LogP contribution in [0.25, 0.3) is 23.0 Å². The third kappa shape index (κ3) is 5.05. The van der Waals surface area contributed by atoms with E-state index in [1.54, 1.807) is 29.1 Å². The lowest BCUT2D eigenvalue weighted by Gasteiger charge is -2.14. The lowest BCUT2D eigenvalue weighted by molar-refractivity contribution is -0.305. The fraction of sp³-hybridized carbons (Fsp3) is 0.130. The first-order chi connectivity index (χ1) is 16.6. The standard InChI is InChI=1S/C23H20N4O5S3/c1-25(2)35(31,32)18-10-6-7-15(11-18)21-16(13-27(24-21)17-8-4-3-5-9-17)12-19-22(30)26(14-20(28)29)23(33)34-19/h3-13H,14H2,1-2H3,(H,28,29)/p-1/b19-12+. The van der Waals surface area contributed by atoms with Crippen molar-refractivity contribution in [1.82, 2.24) is 19.0 Å². The summed E-state index contributed by atoms with van der Waals surface area (Å²) in [5.41, 5.74) is 2.26. The van der Waals surface area contributed by atoms with E-state index in [9.17, 15) is 23.1 Å². The zero-order chi connectivity index (χ0) is 25.3. The molecule has 35 heavy (non-hydrogen) atoms. The molecule has 3 aromatic rings. The van der Waals surface area contributed by atoms with Crippen LogP contribution in [0.2, 0.25) is 0 Å². The van der Waals surface area contributed by atoms with E-state index < -0.39 is 28.4 Å². The van der Waals surface area contributed by atoms with Crippen molar-refractivity contribution in [3.05, 3.63) is 71.3 Å². The van der Waals surface area contributed by atoms with Crippen LogP contribution in [-0.2, 0) is 19.6 Å². The Morgan fingerprint density at radius 1 is 1.17 bits per heavy atom. The normalized spacial score (nSPS) is 15.4. The number of carboxylic acid groups (broad SMARTS) is 1. The molecular weight excluding hydrogens is 508 g/mol. The van der Waals surface area contributed by atoms with Crippen LogP contribution in [0.4, 0.5) is 0 Å². The summed E-state index contributed by atoms with van der Waals surface area (Å²) < 4.78 is 28.2. The summed E-state index contributed by atoms with van der Waals surface area (Å²) in [7, 11) is -0.782. The Hall–Kier alpha value is -3.32. The van der Waals surface area contributed by atoms with E-state index in [2.05, 4.69) is 5.10 Å². The molecule has 2 aromatic carbocycles. The Kier molecular flexibility index (Phi) is 6.90. The van der Waals surface area contributed by atoms with Gasteiger partial charge in [0.2, 0.25) is 10.0 Å². The molecule has 0 saturated carbocycles. The van der Waals surface area contributed by atoms with Gasteiger partial charge in [-0.15, -0.1) is 0 Å². The Morgan fingerprint density at radius 2 is 1.89 bits per heavy atom. The molecule has 1 aliphatic heterocycles. The number of sulfonamides is 1. The predicted molar refractivity (Wildman–Crippen MR) is 135 cm³/mol. The molecule has 0 N–H and O–H groups in total. The van der Waals surface area contributed by atoms with E-state index in [0.717, 1.165) is 26.7 Å². The third-order valence-corrected chi connectivity index (χ3v) is 8.29. The number of aliphatic carboxylic acids is 1. The van der Waals surface area contributed by atoms with Gasteiger partial charge in [-0.05, 0) is 30.3 Å². The number of carboxylic acids is 1. The number of benzene rings is 2. The summed E-state index contributed by atoms with van der Waals surface area (Å²) in [5.74, 6) is -1.97. The number of hydrogen-bond donors (Lipinski definition) is 0. The molecule has 2 heterocycles. The van der Waals surface area contributed by atoms with Crippen LogP contribution in [0.5, 0.6) is 0 Å². The van der Waals surface area contributed by atoms with Crippen LogP contribution in [0.1, 0.15) is 5.56 Å². The number of carbonyl (C=O) groups excluding carboxylic acids is 2. The average molecular weight is 528 g/mol. The molecule has 4 rings (SSSR count). The molecule has 1 amide bonds. The van der Waals surface area contributed by atoms with Crippen molar-refractivity contribution in [3.63, 3.8) is 0 Å². The largest absolute Gasteiger partial charge is 0.548 e. The lowest BCUT2D eigenvalue weighted by atomic mass is 10.1. The first-order valence-electron chi connectivity index (χ1n) is 10.2. The maximum absolute atomic E-state index is 12.8. The molecule has 12 heteroatoms. The quantitative estimate of drug-likeness (QED) is 0.337. The van der Waals surface area contributed by atoms with Crippen molar-refractivity contribution in [3.8, 4) is 16.9 Å². The number of nitrogens with zero attached hydrogens (tertiary/aromatic N) is 4. The van der Waals surface area contributed by atoms with Crippen LogP contribution in [-0.4, -0.2) is 64.2 Å². The molecule has 0 atom stereocenters. The minimum atomic E-state index is -3.68. The number of rotatable bonds is 7. The van der Waals surface area contributed by atoms with Gasteiger partial charge in [0.1, 0.15) is 10.0 Å². The molecular formula is C23H19N4O5S3-. The highest BCUT2D eigenvalue weighted by Crippen LogP contribution is 2.35. The smallest absolute Gasteiger partial charge is 0.266 e. The molecule has 180 valence electrons. The van der Waals surface area contributed by atoms with Crippen molar-refractivity contribution in [2.45, 2.75) is 4.90 Å². The van der Waals surface area contributed by atoms with Gasteiger partial charge in [0.15, 0.2) is 0 Å². The van der Waals surface area contributed by atoms with Crippen LogP contribution < -0.4 is 5.11 Å². The summed E-state index contributed by atoms with van der Waals surface area (Å²) in [6.45, 7) is -0.636. The average Bonchev–Trinajstić information content (AvgIpc) is 3.36. The van der Waals surface area contributed by atoms with E-state index in [4.69, 9.17) is 12.2 Å². The van der Waals surface area contributed by atoms with Crippen molar-refractivity contribution >= 4 is 56.3 Å². The molecule has 1 saturated heterocycles. The maximum atomic E-state index is 12.8. The summed E-state index contributed by atoms with van der Waals surface area (Å²) in [5, 5.41) is 15.7. The lowest BCUT2D eigenvalue weighted by Crippen LogP contribution is -2.40. The monoisotopic (exact) mass is 527 g/mol. The van der Waals surface area contributed by atoms with Gasteiger partial charge in [0.05, 0.1) is 28.0 Å². The first-order valence-corrected chi connectivity index (χ1v) is 12.9. The molecule has 0 spiro atoms. The van der Waals surface area contributed by atoms with Gasteiger partial charge in [0.25, 0.3) is 5.91 Å². The Balaban J connectivity index is 1.84. The second-order valence-electron chi connectivity index (χ2n) is 7.67. The van der Waals surface area contributed by atoms with Crippen LogP contribution in [0.3, 0.4) is 0 Å². The van der Waals surface area contributed by atoms with Crippen LogP contribution in [0.15, 0.2) is 70.6 Å². The summed E-state index contributed by atoms with van der Waals surface area (Å²) in [6.07, 6.45) is 3.28. The van der Waals surface area contributed by atoms with Crippen LogP contribution in [0, 0.1) is 0 Å². The highest BCUT2D eigenvalue weighted by molar-refractivity contribution is 8.26. The molecule has 0 aliphatic carbocycles. The molecule has 1 aromatic heterocycles. The Labute approximate surface area is 211 Å². The predicted octanol–water partition coefficient (Wildman–Crippen LogP) is 1.74. The summed E-state index contributed by atoms with van der Waals surface area (Å²) in [4.78, 5) is 25.1. The molecule has 0 unspecified atom stereocenters. The van der Waals surface area contributed by atoms with E-state index in [0.29, 0.717) is 16.8 Å². The van der Waals surface area contributed by atoms with Crippen molar-refractivity contribution in [2.75, 3.05) is 20.6 Å². The number of carbonyl (C=O) groups is 2. The summed E-state index contributed by atoms with van der Waals surface area (Å²) in [6, 6.07) is 15.6. The van der Waals surface area contributed by atoms with Gasteiger partial charge in [-0.25, -0.2) is 17.4 Å². The highest BCUT2D eigenvalue weighted by atomic mass is 32.2. The first kappa shape index (κ1) is 24.8. The fourth-order valence-electron chi connectivity index (χ4n) is 3.35.